The van der Waals surface area contributed by atoms with E-state index < -0.39 is 0 Å². The molecule has 7 aromatic rings. The summed E-state index contributed by atoms with van der Waals surface area (Å²) in [5, 5.41) is 5.04. The fraction of sp³-hybridized carbons (Fsp3) is 0.0556. The first-order valence-corrected chi connectivity index (χ1v) is 13.6. The van der Waals surface area contributed by atoms with Gasteiger partial charge in [0.25, 0.3) is 0 Å². The summed E-state index contributed by atoms with van der Waals surface area (Å²) in [5.41, 5.74) is 9.82. The first-order valence-electron chi connectivity index (χ1n) is 13.6. The minimum Gasteiger partial charge on any atom is -0.353 e. The summed E-state index contributed by atoms with van der Waals surface area (Å²) in [5.74, 6) is 0.349. The zero-order valence-corrected chi connectivity index (χ0v) is 21.3. The van der Waals surface area contributed by atoms with Crippen molar-refractivity contribution in [1.29, 1.82) is 0 Å². The summed E-state index contributed by atoms with van der Waals surface area (Å²) >= 11 is 0. The lowest BCUT2D eigenvalue weighted by molar-refractivity contribution is 0.745. The lowest BCUT2D eigenvalue weighted by Crippen LogP contribution is -2.28. The number of hydrogen-bond donors (Lipinski definition) is 1. The number of H-pyrrole nitrogens is 1. The molecule has 184 valence electrons. The Bertz CT molecular complexity index is 2100. The monoisotopic (exact) mass is 499 g/mol. The van der Waals surface area contributed by atoms with Gasteiger partial charge in [0.15, 0.2) is 0 Å². The van der Waals surface area contributed by atoms with E-state index in [1.54, 1.807) is 0 Å². The van der Waals surface area contributed by atoms with Crippen molar-refractivity contribution in [2.24, 2.45) is 0 Å². The molecule has 39 heavy (non-hydrogen) atoms. The molecule has 1 N–H and O–H groups in total. The van der Waals surface area contributed by atoms with E-state index in [-0.39, 0.29) is 6.04 Å². The zero-order valence-electron chi connectivity index (χ0n) is 21.3. The molecule has 0 saturated carbocycles. The number of para-hydroxylation sites is 4. The predicted octanol–water partition coefficient (Wildman–Crippen LogP) is 9.15. The number of allylic oxidation sites excluding steroid dienone is 2. The van der Waals surface area contributed by atoms with Gasteiger partial charge in [0, 0.05) is 44.4 Å². The number of aromatic nitrogens is 2. The van der Waals surface area contributed by atoms with Crippen molar-refractivity contribution >= 4 is 55.0 Å². The standard InChI is InChI=1S/C36H25N3/c1-6-16-30-24(11-1)29-21-23(38-31-17-7-2-12-25(31)26-13-3-8-18-32(26)38)22-35(36(29)37-30)39-33-19-9-4-14-27(33)28-15-5-10-20-34(28)39/h1-22,25,31,37H. The molecule has 3 heteroatoms. The Balaban J connectivity index is 1.42. The van der Waals surface area contributed by atoms with Crippen LogP contribution >= 0.6 is 0 Å². The van der Waals surface area contributed by atoms with E-state index in [0.29, 0.717) is 5.92 Å². The van der Waals surface area contributed by atoms with E-state index >= 15 is 0 Å². The molecule has 1 aliphatic heterocycles. The van der Waals surface area contributed by atoms with E-state index in [0.717, 1.165) is 11.0 Å². The lowest BCUT2D eigenvalue weighted by Gasteiger charge is -2.29. The number of anilines is 2. The van der Waals surface area contributed by atoms with Gasteiger partial charge in [0.2, 0.25) is 0 Å². The summed E-state index contributed by atoms with van der Waals surface area (Å²) in [6.45, 7) is 0. The van der Waals surface area contributed by atoms with Gasteiger partial charge in [-0.1, -0.05) is 97.1 Å². The summed E-state index contributed by atoms with van der Waals surface area (Å²) in [4.78, 5) is 6.33. The van der Waals surface area contributed by atoms with Crippen LogP contribution in [0.15, 0.2) is 133 Å². The van der Waals surface area contributed by atoms with Gasteiger partial charge in [-0.15, -0.1) is 0 Å². The van der Waals surface area contributed by atoms with E-state index in [2.05, 4.69) is 148 Å². The Labute approximate surface area is 225 Å². The van der Waals surface area contributed by atoms with Gasteiger partial charge < -0.3 is 14.5 Å². The van der Waals surface area contributed by atoms with Gasteiger partial charge in [0.05, 0.1) is 28.3 Å². The molecule has 2 aliphatic rings. The van der Waals surface area contributed by atoms with Crippen molar-refractivity contribution in [3.8, 4) is 5.69 Å². The Morgan fingerprint density at radius 2 is 1.23 bits per heavy atom. The van der Waals surface area contributed by atoms with Crippen LogP contribution in [0.1, 0.15) is 11.5 Å². The van der Waals surface area contributed by atoms with Crippen molar-refractivity contribution in [2.75, 3.05) is 4.90 Å². The van der Waals surface area contributed by atoms with Crippen LogP contribution < -0.4 is 4.90 Å². The van der Waals surface area contributed by atoms with E-state index in [1.165, 1.54) is 55.2 Å². The fourth-order valence-corrected chi connectivity index (χ4v) is 7.01. The first kappa shape index (κ1) is 21.0. The summed E-state index contributed by atoms with van der Waals surface area (Å²) < 4.78 is 2.45. The average molecular weight is 500 g/mol. The van der Waals surface area contributed by atoms with Gasteiger partial charge in [-0.3, -0.25) is 0 Å². The molecule has 2 unspecified atom stereocenters. The van der Waals surface area contributed by atoms with Gasteiger partial charge in [-0.05, 0) is 42.0 Å². The van der Waals surface area contributed by atoms with Gasteiger partial charge in [-0.2, -0.15) is 0 Å². The number of hydrogen-bond acceptors (Lipinski definition) is 1. The van der Waals surface area contributed by atoms with Crippen molar-refractivity contribution in [3.05, 3.63) is 139 Å². The van der Waals surface area contributed by atoms with Crippen molar-refractivity contribution in [2.45, 2.75) is 12.0 Å². The Morgan fingerprint density at radius 3 is 2.05 bits per heavy atom. The van der Waals surface area contributed by atoms with Crippen LogP contribution in [0.25, 0.3) is 49.3 Å². The van der Waals surface area contributed by atoms with Crippen LogP contribution in [-0.4, -0.2) is 15.6 Å². The molecule has 3 nitrogen and oxygen atoms in total. The third-order valence-corrected chi connectivity index (χ3v) is 8.64. The van der Waals surface area contributed by atoms with Gasteiger partial charge in [-0.25, -0.2) is 0 Å². The normalized spacial score (nSPS) is 18.0. The maximum Gasteiger partial charge on any atom is 0.0724 e. The van der Waals surface area contributed by atoms with Crippen molar-refractivity contribution in [1.82, 2.24) is 9.55 Å². The highest BCUT2D eigenvalue weighted by Crippen LogP contribution is 2.49. The predicted molar refractivity (Wildman–Crippen MR) is 164 cm³/mol. The SMILES string of the molecule is C1=CC2c3ccccc3N(c3cc(-n4c5ccccc5c5ccccc54)c4[nH]c5ccccc5c4c3)C2C=C1. The van der Waals surface area contributed by atoms with E-state index in [4.69, 9.17) is 0 Å². The Kier molecular flexibility index (Phi) is 4.17. The molecule has 2 aromatic heterocycles. The lowest BCUT2D eigenvalue weighted by atomic mass is 9.91. The maximum absolute atomic E-state index is 3.79. The highest BCUT2D eigenvalue weighted by molar-refractivity contribution is 6.14. The molecule has 2 atom stereocenters. The molecule has 0 radical (unpaired) electrons. The first-order chi connectivity index (χ1) is 19.4. The number of nitrogens with one attached hydrogen (secondary N) is 1. The third-order valence-electron chi connectivity index (χ3n) is 8.64. The van der Waals surface area contributed by atoms with Crippen LogP contribution in [0.2, 0.25) is 0 Å². The molecule has 0 spiro atoms. The van der Waals surface area contributed by atoms with Crippen LogP contribution in [0.3, 0.4) is 0 Å². The Morgan fingerprint density at radius 1 is 0.564 bits per heavy atom. The zero-order chi connectivity index (χ0) is 25.5. The van der Waals surface area contributed by atoms with Crippen LogP contribution in [0, 0.1) is 0 Å². The maximum atomic E-state index is 3.79. The number of rotatable bonds is 2. The highest BCUT2D eigenvalue weighted by Gasteiger charge is 2.37. The summed E-state index contributed by atoms with van der Waals surface area (Å²) in [6, 6.07) is 40.1. The largest absolute Gasteiger partial charge is 0.353 e. The molecule has 1 aliphatic carbocycles. The minimum absolute atomic E-state index is 0.251. The number of fused-ring (bicyclic) bond motifs is 9. The minimum atomic E-state index is 0.251. The van der Waals surface area contributed by atoms with Gasteiger partial charge >= 0.3 is 0 Å². The molecule has 0 amide bonds. The summed E-state index contributed by atoms with van der Waals surface area (Å²) in [7, 11) is 0. The Hall–Kier alpha value is -5.02. The molecule has 0 bridgehead atoms. The van der Waals surface area contributed by atoms with Crippen LogP contribution in [0.4, 0.5) is 11.4 Å². The molecular weight excluding hydrogens is 474 g/mol. The van der Waals surface area contributed by atoms with E-state index in [1.807, 2.05) is 0 Å². The number of nitrogens with zero attached hydrogens (tertiary/aromatic N) is 2. The smallest absolute Gasteiger partial charge is 0.0724 e. The second kappa shape index (κ2) is 7.75. The molecule has 0 fully saturated rings. The number of benzene rings is 5. The summed E-state index contributed by atoms with van der Waals surface area (Å²) in [6.07, 6.45) is 9.08. The molecule has 3 heterocycles. The third kappa shape index (κ3) is 2.82. The second-order valence-corrected chi connectivity index (χ2v) is 10.6. The molecule has 5 aromatic carbocycles. The number of aromatic amines is 1. The van der Waals surface area contributed by atoms with Crippen molar-refractivity contribution < 1.29 is 0 Å². The quantitative estimate of drug-likeness (QED) is 0.252. The molecular formula is C36H25N3. The van der Waals surface area contributed by atoms with Crippen LogP contribution in [0.5, 0.6) is 0 Å². The highest BCUT2D eigenvalue weighted by atomic mass is 15.2. The van der Waals surface area contributed by atoms with Gasteiger partial charge in [0.1, 0.15) is 0 Å². The van der Waals surface area contributed by atoms with E-state index in [9.17, 15) is 0 Å². The van der Waals surface area contributed by atoms with Crippen molar-refractivity contribution in [3.63, 3.8) is 0 Å². The second-order valence-electron chi connectivity index (χ2n) is 10.6. The fourth-order valence-electron chi connectivity index (χ4n) is 7.01. The topological polar surface area (TPSA) is 24.0 Å². The average Bonchev–Trinajstić information content (AvgIpc) is 3.65. The molecule has 0 saturated heterocycles. The van der Waals surface area contributed by atoms with Crippen LogP contribution in [-0.2, 0) is 0 Å². The molecule has 9 rings (SSSR count).